The summed E-state index contributed by atoms with van der Waals surface area (Å²) in [6.07, 6.45) is -2.25. The van der Waals surface area contributed by atoms with Gasteiger partial charge in [-0.1, -0.05) is 61.7 Å². The molecule has 2 atom stereocenters. The van der Waals surface area contributed by atoms with E-state index in [0.717, 1.165) is 22.8 Å². The number of esters is 4. The molecule has 0 amide bonds. The van der Waals surface area contributed by atoms with E-state index in [-0.39, 0.29) is 36.9 Å². The van der Waals surface area contributed by atoms with Crippen LogP contribution in [0.3, 0.4) is 0 Å². The average molecular weight is 751 g/mol. The molecule has 284 valence electrons. The number of Topliss-reactive ketones (excluding diaryl/α,β-unsaturated/α-hetero) is 1. The number of hydrogen-bond acceptors (Lipinski definition) is 13. The normalized spacial score (nSPS) is 11.5. The lowest BCUT2D eigenvalue weighted by Crippen LogP contribution is -2.47. The van der Waals surface area contributed by atoms with Crippen molar-refractivity contribution in [3.8, 4) is 33.8 Å². The van der Waals surface area contributed by atoms with Crippen molar-refractivity contribution in [2.45, 2.75) is 25.6 Å². The highest BCUT2D eigenvalue weighted by Gasteiger charge is 2.41. The first-order chi connectivity index (χ1) is 26.6. The largest absolute Gasteiger partial charge is 0.485 e. The summed E-state index contributed by atoms with van der Waals surface area (Å²) < 4.78 is 31.6. The lowest BCUT2D eigenvalue weighted by atomic mass is 10.0. The van der Waals surface area contributed by atoms with Gasteiger partial charge in [-0.25, -0.2) is 19.2 Å². The van der Waals surface area contributed by atoms with Gasteiger partial charge in [-0.3, -0.25) is 9.59 Å². The summed E-state index contributed by atoms with van der Waals surface area (Å²) in [6, 6.07) is 26.0. The number of carbonyl (C=O) groups excluding carboxylic acids is 6. The van der Waals surface area contributed by atoms with Crippen LogP contribution in [-0.4, -0.2) is 79.4 Å². The van der Waals surface area contributed by atoms with Crippen LogP contribution in [0.4, 0.5) is 0 Å². The highest BCUT2D eigenvalue weighted by molar-refractivity contribution is 5.98. The smallest absolute Gasteiger partial charge is 0.351 e. The molecule has 0 aliphatic rings. The summed E-state index contributed by atoms with van der Waals surface area (Å²) in [6.45, 7) is 7.03. The van der Waals surface area contributed by atoms with E-state index in [0.29, 0.717) is 17.1 Å². The number of benzene rings is 4. The summed E-state index contributed by atoms with van der Waals surface area (Å²) in [4.78, 5) is 75.5. The molecule has 0 fully saturated rings. The molecular formula is C42H38O13. The minimum atomic E-state index is -1.99. The monoisotopic (exact) mass is 750 g/mol. The number of carbonyl (C=O) groups is 6. The number of ketones is 2. The fourth-order valence-electron chi connectivity index (χ4n) is 4.89. The van der Waals surface area contributed by atoms with Crippen molar-refractivity contribution >= 4 is 35.4 Å². The molecule has 0 unspecified atom stereocenters. The molecule has 0 saturated carbocycles. The van der Waals surface area contributed by atoms with Crippen LogP contribution in [0, 0.1) is 0 Å². The van der Waals surface area contributed by atoms with Crippen LogP contribution in [0.15, 0.2) is 122 Å². The molecule has 0 saturated heterocycles. The molecule has 55 heavy (non-hydrogen) atoms. The highest BCUT2D eigenvalue weighted by Crippen LogP contribution is 2.26. The number of aliphatic hydroxyl groups is 1. The third kappa shape index (κ3) is 11.8. The molecule has 0 aliphatic heterocycles. The van der Waals surface area contributed by atoms with Gasteiger partial charge in [0.1, 0.15) is 11.5 Å². The number of aliphatic hydroxyl groups excluding tert-OH is 1. The van der Waals surface area contributed by atoms with Crippen LogP contribution in [0.1, 0.15) is 34.1 Å². The van der Waals surface area contributed by atoms with E-state index in [9.17, 15) is 33.9 Å². The van der Waals surface area contributed by atoms with E-state index in [2.05, 4.69) is 13.2 Å². The molecule has 0 spiro atoms. The van der Waals surface area contributed by atoms with E-state index in [4.69, 9.17) is 28.4 Å². The van der Waals surface area contributed by atoms with Crippen molar-refractivity contribution in [3.05, 3.63) is 133 Å². The maximum Gasteiger partial charge on any atom is 0.351 e. The highest BCUT2D eigenvalue weighted by atomic mass is 16.7. The van der Waals surface area contributed by atoms with E-state index in [1.165, 1.54) is 37.3 Å². The van der Waals surface area contributed by atoms with Crippen LogP contribution in [-0.2, 0) is 38.1 Å². The number of ether oxygens (including phenoxy) is 6. The standard InChI is InChI=1S/C42H38O13/c1-4-33(44)25-51-34-19-15-29(16-20-34)27-9-13-32(14-10-27)41(48)55-39(42(49)50-6-3)38(36(45)23-24-43)54-40(47)31-11-7-28(8-12-31)30-17-21-35(22-18-30)52-26-53-37(46)5-2/h4-5,7-22,38-39,43H,1-2,6,23-26H2,3H3/t38-,39+/m0/s1. The quantitative estimate of drug-likeness (QED) is 0.0520. The fraction of sp³-hybridized carbons (Fsp3) is 0.190. The Bertz CT molecular complexity index is 1980. The number of hydrogen-bond donors (Lipinski definition) is 1. The molecule has 13 nitrogen and oxygen atoms in total. The van der Waals surface area contributed by atoms with Gasteiger partial charge in [0.25, 0.3) is 0 Å². The minimum absolute atomic E-state index is 0.0175. The molecule has 4 aromatic rings. The van der Waals surface area contributed by atoms with Crippen LogP contribution in [0.2, 0.25) is 0 Å². The third-order valence-electron chi connectivity index (χ3n) is 7.76. The van der Waals surface area contributed by atoms with Gasteiger partial charge in [-0.2, -0.15) is 0 Å². The maximum atomic E-state index is 13.3. The van der Waals surface area contributed by atoms with Crippen LogP contribution in [0.5, 0.6) is 11.5 Å². The van der Waals surface area contributed by atoms with Crippen molar-refractivity contribution in [2.75, 3.05) is 26.6 Å². The summed E-state index contributed by atoms with van der Waals surface area (Å²) in [5, 5.41) is 9.50. The van der Waals surface area contributed by atoms with Crippen molar-refractivity contribution in [2.24, 2.45) is 0 Å². The minimum Gasteiger partial charge on any atom is -0.485 e. The lowest BCUT2D eigenvalue weighted by molar-refractivity contribution is -0.163. The van der Waals surface area contributed by atoms with Gasteiger partial charge in [0, 0.05) is 12.5 Å². The zero-order chi connectivity index (χ0) is 39.7. The Morgan fingerprint density at radius 3 is 1.51 bits per heavy atom. The molecular weight excluding hydrogens is 712 g/mol. The molecule has 4 rings (SSSR count). The predicted octanol–water partition coefficient (Wildman–Crippen LogP) is 5.49. The van der Waals surface area contributed by atoms with Gasteiger partial charge < -0.3 is 33.5 Å². The van der Waals surface area contributed by atoms with E-state index in [1.807, 2.05) is 0 Å². The van der Waals surface area contributed by atoms with Crippen molar-refractivity contribution in [1.29, 1.82) is 0 Å². The topological polar surface area (TPSA) is 178 Å². The predicted molar refractivity (Wildman–Crippen MR) is 198 cm³/mol. The first kappa shape index (κ1) is 40.9. The molecule has 0 heterocycles. The van der Waals surface area contributed by atoms with Crippen LogP contribution >= 0.6 is 0 Å². The Hall–Kier alpha value is -6.86. The fourth-order valence-corrected chi connectivity index (χ4v) is 4.89. The van der Waals surface area contributed by atoms with Gasteiger partial charge in [0.05, 0.1) is 24.3 Å². The van der Waals surface area contributed by atoms with E-state index < -0.39 is 54.9 Å². The summed E-state index contributed by atoms with van der Waals surface area (Å²) in [7, 11) is 0. The second-order valence-corrected chi connectivity index (χ2v) is 11.4. The molecule has 13 heteroatoms. The van der Waals surface area contributed by atoms with Crippen molar-refractivity contribution in [3.63, 3.8) is 0 Å². The maximum absolute atomic E-state index is 13.3. The van der Waals surface area contributed by atoms with Gasteiger partial charge in [0.2, 0.25) is 19.0 Å². The molecule has 0 radical (unpaired) electrons. The van der Waals surface area contributed by atoms with E-state index in [1.54, 1.807) is 72.8 Å². The van der Waals surface area contributed by atoms with Crippen LogP contribution < -0.4 is 9.47 Å². The second-order valence-electron chi connectivity index (χ2n) is 11.4. The number of rotatable bonds is 20. The van der Waals surface area contributed by atoms with Crippen LogP contribution in [0.25, 0.3) is 22.3 Å². The Morgan fingerprint density at radius 1 is 0.618 bits per heavy atom. The van der Waals surface area contributed by atoms with Gasteiger partial charge >= 0.3 is 23.9 Å². The molecule has 0 aliphatic carbocycles. The zero-order valence-corrected chi connectivity index (χ0v) is 29.8. The summed E-state index contributed by atoms with van der Waals surface area (Å²) >= 11 is 0. The Balaban J connectivity index is 1.47. The first-order valence-corrected chi connectivity index (χ1v) is 16.9. The molecule has 1 N–H and O–H groups in total. The Labute approximate surface area is 316 Å². The van der Waals surface area contributed by atoms with Gasteiger partial charge in [-0.05, 0) is 83.8 Å². The van der Waals surface area contributed by atoms with Gasteiger partial charge in [-0.15, -0.1) is 0 Å². The first-order valence-electron chi connectivity index (χ1n) is 16.9. The van der Waals surface area contributed by atoms with Crippen molar-refractivity contribution < 1.29 is 62.3 Å². The van der Waals surface area contributed by atoms with Crippen molar-refractivity contribution in [1.82, 2.24) is 0 Å². The Kier molecular flexibility index (Phi) is 15.2. The zero-order valence-electron chi connectivity index (χ0n) is 29.8. The van der Waals surface area contributed by atoms with E-state index >= 15 is 0 Å². The molecule has 4 aromatic carbocycles. The lowest BCUT2D eigenvalue weighted by Gasteiger charge is -2.24. The Morgan fingerprint density at radius 2 is 1.07 bits per heavy atom. The third-order valence-corrected chi connectivity index (χ3v) is 7.76. The molecule has 0 bridgehead atoms. The molecule has 0 aromatic heterocycles. The second kappa shape index (κ2) is 20.4. The average Bonchev–Trinajstić information content (AvgIpc) is 3.21. The summed E-state index contributed by atoms with van der Waals surface area (Å²) in [5.41, 5.74) is 3.00. The van der Waals surface area contributed by atoms with Gasteiger partial charge in [0.15, 0.2) is 18.2 Å². The summed E-state index contributed by atoms with van der Waals surface area (Å²) in [5.74, 6) is -3.96. The SMILES string of the molecule is C=CC(=O)COc1ccc(-c2ccc(C(=O)O[C@@H](C(=O)OCC)[C@@H](OC(=O)c3ccc(-c4ccc(OCOC(=O)C=C)cc4)cc3)C(=O)CCO)cc2)cc1.